The Bertz CT molecular complexity index is 453. The standard InChI is InChI=1S/C14H26N6O/c1-4-15-12-17-13(19-14(18-12)20(2)3)16-9-10-7-5-6-8-11(10)21/h10-11,21H,4-9H2,1-3H3,(H2,15,16,17,18,19). The predicted molar refractivity (Wildman–Crippen MR) is 84.8 cm³/mol. The van der Waals surface area contributed by atoms with Gasteiger partial charge in [-0.2, -0.15) is 15.0 Å². The van der Waals surface area contributed by atoms with Crippen LogP contribution in [0.15, 0.2) is 0 Å². The lowest BCUT2D eigenvalue weighted by atomic mass is 9.86. The fourth-order valence-electron chi connectivity index (χ4n) is 2.53. The second kappa shape index (κ2) is 7.40. The first-order valence-corrected chi connectivity index (χ1v) is 7.69. The third kappa shape index (κ3) is 4.42. The van der Waals surface area contributed by atoms with Crippen LogP contribution < -0.4 is 15.5 Å². The zero-order valence-electron chi connectivity index (χ0n) is 13.1. The molecule has 2 rings (SSSR count). The van der Waals surface area contributed by atoms with Crippen molar-refractivity contribution < 1.29 is 5.11 Å². The average molecular weight is 294 g/mol. The van der Waals surface area contributed by atoms with Gasteiger partial charge in [0, 0.05) is 33.1 Å². The molecule has 118 valence electrons. The number of anilines is 3. The number of nitrogens with one attached hydrogen (secondary N) is 2. The van der Waals surface area contributed by atoms with Crippen molar-refractivity contribution in [1.82, 2.24) is 15.0 Å². The molecule has 1 aliphatic carbocycles. The zero-order chi connectivity index (χ0) is 15.2. The smallest absolute Gasteiger partial charge is 0.231 e. The van der Waals surface area contributed by atoms with Crippen LogP contribution in [0.3, 0.4) is 0 Å². The molecule has 1 fully saturated rings. The Kier molecular flexibility index (Phi) is 5.55. The summed E-state index contributed by atoms with van der Waals surface area (Å²) in [4.78, 5) is 14.9. The van der Waals surface area contributed by atoms with Crippen LogP contribution in [0.4, 0.5) is 17.8 Å². The third-order valence-corrected chi connectivity index (χ3v) is 3.75. The average Bonchev–Trinajstić information content (AvgIpc) is 2.46. The molecule has 0 spiro atoms. The van der Waals surface area contributed by atoms with E-state index in [0.29, 0.717) is 24.4 Å². The molecule has 7 heteroatoms. The van der Waals surface area contributed by atoms with E-state index in [1.165, 1.54) is 6.42 Å². The van der Waals surface area contributed by atoms with Crippen LogP contribution in [-0.4, -0.2) is 53.3 Å². The summed E-state index contributed by atoms with van der Waals surface area (Å²) in [6.45, 7) is 3.46. The molecule has 0 radical (unpaired) electrons. The number of rotatable bonds is 6. The summed E-state index contributed by atoms with van der Waals surface area (Å²) in [6, 6.07) is 0. The van der Waals surface area contributed by atoms with E-state index in [0.717, 1.165) is 25.8 Å². The summed E-state index contributed by atoms with van der Waals surface area (Å²) in [5.74, 6) is 2.03. The number of nitrogens with zero attached hydrogens (tertiary/aromatic N) is 4. The quantitative estimate of drug-likeness (QED) is 0.729. The summed E-state index contributed by atoms with van der Waals surface area (Å²) < 4.78 is 0. The maximum atomic E-state index is 10.0. The van der Waals surface area contributed by atoms with Gasteiger partial charge >= 0.3 is 0 Å². The third-order valence-electron chi connectivity index (χ3n) is 3.75. The Morgan fingerprint density at radius 1 is 1.10 bits per heavy atom. The Labute approximate surface area is 126 Å². The molecule has 0 saturated heterocycles. The van der Waals surface area contributed by atoms with E-state index in [-0.39, 0.29) is 12.0 Å². The van der Waals surface area contributed by atoms with Gasteiger partial charge < -0.3 is 20.6 Å². The van der Waals surface area contributed by atoms with E-state index >= 15 is 0 Å². The highest BCUT2D eigenvalue weighted by Gasteiger charge is 2.23. The van der Waals surface area contributed by atoms with Crippen LogP contribution >= 0.6 is 0 Å². The topological polar surface area (TPSA) is 86.2 Å². The van der Waals surface area contributed by atoms with Gasteiger partial charge in [0.05, 0.1) is 6.10 Å². The van der Waals surface area contributed by atoms with Crippen molar-refractivity contribution >= 4 is 17.8 Å². The lowest BCUT2D eigenvalue weighted by Gasteiger charge is -2.27. The molecule has 0 aliphatic heterocycles. The zero-order valence-corrected chi connectivity index (χ0v) is 13.1. The Morgan fingerprint density at radius 2 is 1.76 bits per heavy atom. The number of hydrogen-bond donors (Lipinski definition) is 3. The highest BCUT2D eigenvalue weighted by molar-refractivity contribution is 5.42. The van der Waals surface area contributed by atoms with Crippen LogP contribution in [0.25, 0.3) is 0 Å². The van der Waals surface area contributed by atoms with Gasteiger partial charge in [-0.25, -0.2) is 0 Å². The maximum absolute atomic E-state index is 10.0. The summed E-state index contributed by atoms with van der Waals surface area (Å²) >= 11 is 0. The number of aliphatic hydroxyl groups is 1. The first kappa shape index (κ1) is 15.8. The van der Waals surface area contributed by atoms with Gasteiger partial charge in [0.1, 0.15) is 0 Å². The molecule has 2 atom stereocenters. The second-order valence-electron chi connectivity index (χ2n) is 5.70. The predicted octanol–water partition coefficient (Wildman–Crippen LogP) is 1.33. The lowest BCUT2D eigenvalue weighted by Crippen LogP contribution is -2.30. The first-order chi connectivity index (χ1) is 10.1. The highest BCUT2D eigenvalue weighted by atomic mass is 16.3. The molecule has 0 bridgehead atoms. The Hall–Kier alpha value is -1.63. The fourth-order valence-corrected chi connectivity index (χ4v) is 2.53. The normalized spacial score (nSPS) is 21.9. The largest absolute Gasteiger partial charge is 0.393 e. The molecule has 7 nitrogen and oxygen atoms in total. The van der Waals surface area contributed by atoms with Crippen LogP contribution in [0.1, 0.15) is 32.6 Å². The number of aliphatic hydroxyl groups excluding tert-OH is 1. The molecule has 1 aromatic rings. The minimum absolute atomic E-state index is 0.213. The molecule has 0 aromatic carbocycles. The van der Waals surface area contributed by atoms with E-state index < -0.39 is 0 Å². The first-order valence-electron chi connectivity index (χ1n) is 7.69. The number of aromatic nitrogens is 3. The molecule has 0 amide bonds. The van der Waals surface area contributed by atoms with Crippen molar-refractivity contribution in [2.45, 2.75) is 38.7 Å². The van der Waals surface area contributed by atoms with Gasteiger partial charge in [-0.15, -0.1) is 0 Å². The van der Waals surface area contributed by atoms with Gasteiger partial charge in [0.15, 0.2) is 0 Å². The summed E-state index contributed by atoms with van der Waals surface area (Å²) in [6.07, 6.45) is 4.05. The van der Waals surface area contributed by atoms with Gasteiger partial charge in [-0.1, -0.05) is 12.8 Å². The summed E-state index contributed by atoms with van der Waals surface area (Å²) in [5.41, 5.74) is 0. The molecule has 3 N–H and O–H groups in total. The molecular weight excluding hydrogens is 268 g/mol. The van der Waals surface area contributed by atoms with E-state index in [9.17, 15) is 5.11 Å². The van der Waals surface area contributed by atoms with E-state index in [1.54, 1.807) is 0 Å². The Balaban J connectivity index is 2.04. The van der Waals surface area contributed by atoms with Gasteiger partial charge in [-0.3, -0.25) is 0 Å². The van der Waals surface area contributed by atoms with Crippen molar-refractivity contribution in [1.29, 1.82) is 0 Å². The second-order valence-corrected chi connectivity index (χ2v) is 5.70. The summed E-state index contributed by atoms with van der Waals surface area (Å²) in [5, 5.41) is 16.4. The van der Waals surface area contributed by atoms with Crippen LogP contribution in [0.5, 0.6) is 0 Å². The minimum Gasteiger partial charge on any atom is -0.393 e. The monoisotopic (exact) mass is 294 g/mol. The lowest BCUT2D eigenvalue weighted by molar-refractivity contribution is 0.0762. The highest BCUT2D eigenvalue weighted by Crippen LogP contribution is 2.24. The van der Waals surface area contributed by atoms with E-state index in [4.69, 9.17) is 0 Å². The van der Waals surface area contributed by atoms with E-state index in [2.05, 4.69) is 25.6 Å². The number of hydrogen-bond acceptors (Lipinski definition) is 7. The van der Waals surface area contributed by atoms with Crippen LogP contribution in [0.2, 0.25) is 0 Å². The van der Waals surface area contributed by atoms with Crippen molar-refractivity contribution in [2.24, 2.45) is 5.92 Å². The maximum Gasteiger partial charge on any atom is 0.231 e. The van der Waals surface area contributed by atoms with Crippen molar-refractivity contribution in [3.63, 3.8) is 0 Å². The van der Waals surface area contributed by atoms with Gasteiger partial charge in [0.2, 0.25) is 17.8 Å². The Morgan fingerprint density at radius 3 is 2.38 bits per heavy atom. The van der Waals surface area contributed by atoms with Crippen molar-refractivity contribution in [3.05, 3.63) is 0 Å². The summed E-state index contributed by atoms with van der Waals surface area (Å²) in [7, 11) is 3.81. The van der Waals surface area contributed by atoms with Crippen molar-refractivity contribution in [3.8, 4) is 0 Å². The molecule has 1 saturated carbocycles. The minimum atomic E-state index is -0.213. The van der Waals surface area contributed by atoms with E-state index in [1.807, 2.05) is 25.9 Å². The molecule has 1 heterocycles. The molecule has 2 unspecified atom stereocenters. The van der Waals surface area contributed by atoms with Gasteiger partial charge in [0.25, 0.3) is 0 Å². The molecule has 1 aromatic heterocycles. The SMILES string of the molecule is CCNc1nc(NCC2CCCCC2O)nc(N(C)C)n1. The van der Waals surface area contributed by atoms with Crippen molar-refractivity contribution in [2.75, 3.05) is 42.7 Å². The van der Waals surface area contributed by atoms with Crippen LogP contribution in [0, 0.1) is 5.92 Å². The molecular formula is C14H26N6O. The van der Waals surface area contributed by atoms with Crippen LogP contribution in [-0.2, 0) is 0 Å². The molecule has 21 heavy (non-hydrogen) atoms. The molecule has 1 aliphatic rings. The fraction of sp³-hybridized carbons (Fsp3) is 0.786. The van der Waals surface area contributed by atoms with Gasteiger partial charge in [-0.05, 0) is 19.8 Å².